The normalized spacial score (nSPS) is 16.8. The number of allylic oxidation sites excluding steroid dienone is 2. The summed E-state index contributed by atoms with van der Waals surface area (Å²) in [6, 6.07) is 6.34. The SMILES string of the molecule is COC(=O)c1ccc(C(=O)N2CCN(C3=NC=CC=C([N+](=O)[O-])C3)CC2)cc1. The number of carbonyl (C=O) groups is 2. The van der Waals surface area contributed by atoms with Crippen molar-refractivity contribution >= 4 is 17.7 Å². The Morgan fingerprint density at radius 2 is 1.75 bits per heavy atom. The lowest BCUT2D eigenvalue weighted by molar-refractivity contribution is -0.426. The van der Waals surface area contributed by atoms with E-state index in [2.05, 4.69) is 9.73 Å². The van der Waals surface area contributed by atoms with Crippen molar-refractivity contribution in [2.45, 2.75) is 6.42 Å². The predicted octanol–water partition coefficient (Wildman–Crippen LogP) is 1.71. The van der Waals surface area contributed by atoms with Gasteiger partial charge in [0.2, 0.25) is 0 Å². The van der Waals surface area contributed by atoms with E-state index in [0.29, 0.717) is 43.1 Å². The summed E-state index contributed by atoms with van der Waals surface area (Å²) < 4.78 is 4.65. The fourth-order valence-corrected chi connectivity index (χ4v) is 3.09. The molecule has 0 aromatic heterocycles. The zero-order chi connectivity index (χ0) is 20.1. The first kappa shape index (κ1) is 19.3. The first-order valence-electron chi connectivity index (χ1n) is 8.79. The Kier molecular flexibility index (Phi) is 5.83. The zero-order valence-electron chi connectivity index (χ0n) is 15.4. The van der Waals surface area contributed by atoms with E-state index in [4.69, 9.17) is 0 Å². The van der Waals surface area contributed by atoms with E-state index in [9.17, 15) is 19.7 Å². The van der Waals surface area contributed by atoms with Gasteiger partial charge < -0.3 is 14.5 Å². The highest BCUT2D eigenvalue weighted by molar-refractivity contribution is 5.96. The van der Waals surface area contributed by atoms with Gasteiger partial charge in [-0.2, -0.15) is 0 Å². The van der Waals surface area contributed by atoms with Crippen LogP contribution in [-0.2, 0) is 4.74 Å². The van der Waals surface area contributed by atoms with Gasteiger partial charge in [0.1, 0.15) is 5.84 Å². The number of hydrogen-bond acceptors (Lipinski definition) is 7. The number of ether oxygens (including phenoxy) is 1. The number of amidine groups is 1. The summed E-state index contributed by atoms with van der Waals surface area (Å²) in [7, 11) is 1.31. The van der Waals surface area contributed by atoms with Gasteiger partial charge in [0.05, 0.1) is 24.0 Å². The molecule has 9 nitrogen and oxygen atoms in total. The molecule has 2 heterocycles. The van der Waals surface area contributed by atoms with Crippen LogP contribution >= 0.6 is 0 Å². The van der Waals surface area contributed by atoms with Gasteiger partial charge in [-0.3, -0.25) is 14.9 Å². The molecule has 0 atom stereocenters. The van der Waals surface area contributed by atoms with E-state index in [1.807, 2.05) is 4.90 Å². The summed E-state index contributed by atoms with van der Waals surface area (Å²) in [5.41, 5.74) is 0.976. The molecule has 9 heteroatoms. The third-order valence-corrected chi connectivity index (χ3v) is 4.66. The number of methoxy groups -OCH3 is 1. The van der Waals surface area contributed by atoms with Crippen molar-refractivity contribution in [3.8, 4) is 0 Å². The molecule has 0 saturated carbocycles. The molecule has 1 saturated heterocycles. The molecule has 1 fully saturated rings. The average molecular weight is 384 g/mol. The molecule has 0 unspecified atom stereocenters. The van der Waals surface area contributed by atoms with Crippen molar-refractivity contribution in [1.29, 1.82) is 0 Å². The van der Waals surface area contributed by atoms with E-state index in [1.54, 1.807) is 41.4 Å². The number of esters is 1. The minimum atomic E-state index is -0.450. The van der Waals surface area contributed by atoms with E-state index in [0.717, 1.165) is 0 Å². The number of benzene rings is 1. The zero-order valence-corrected chi connectivity index (χ0v) is 15.4. The molecule has 3 rings (SSSR count). The largest absolute Gasteiger partial charge is 0.465 e. The number of nitrogens with zero attached hydrogens (tertiary/aromatic N) is 4. The lowest BCUT2D eigenvalue weighted by Gasteiger charge is -2.36. The average Bonchev–Trinajstić information content (AvgIpc) is 2.99. The van der Waals surface area contributed by atoms with Gasteiger partial charge in [-0.05, 0) is 30.3 Å². The van der Waals surface area contributed by atoms with E-state index in [-0.39, 0.29) is 18.0 Å². The Morgan fingerprint density at radius 1 is 1.11 bits per heavy atom. The number of carbonyl (C=O) groups excluding carboxylic acids is 2. The van der Waals surface area contributed by atoms with E-state index >= 15 is 0 Å². The Labute approximate surface area is 161 Å². The van der Waals surface area contributed by atoms with Gasteiger partial charge in [0, 0.05) is 44.0 Å². The molecule has 0 aliphatic carbocycles. The predicted molar refractivity (Wildman–Crippen MR) is 102 cm³/mol. The van der Waals surface area contributed by atoms with Crippen molar-refractivity contribution in [2.75, 3.05) is 33.3 Å². The minimum absolute atomic E-state index is 0.0942. The number of nitro groups is 1. The Hall–Kier alpha value is -3.49. The highest BCUT2D eigenvalue weighted by Crippen LogP contribution is 2.15. The van der Waals surface area contributed by atoms with Gasteiger partial charge in [0.15, 0.2) is 0 Å². The van der Waals surface area contributed by atoms with Crippen LogP contribution in [0, 0.1) is 10.1 Å². The number of hydrogen-bond donors (Lipinski definition) is 0. The fraction of sp³-hybridized carbons (Fsp3) is 0.316. The molecular formula is C19H20N4O5. The highest BCUT2D eigenvalue weighted by Gasteiger charge is 2.26. The molecule has 1 aromatic carbocycles. The van der Waals surface area contributed by atoms with E-state index in [1.165, 1.54) is 13.2 Å². The minimum Gasteiger partial charge on any atom is -0.465 e. The Morgan fingerprint density at radius 3 is 2.36 bits per heavy atom. The van der Waals surface area contributed by atoms with Gasteiger partial charge in [-0.25, -0.2) is 9.79 Å². The van der Waals surface area contributed by atoms with Crippen LogP contribution in [0.5, 0.6) is 0 Å². The third-order valence-electron chi connectivity index (χ3n) is 4.66. The lowest BCUT2D eigenvalue weighted by Crippen LogP contribution is -2.50. The first-order chi connectivity index (χ1) is 13.5. The van der Waals surface area contributed by atoms with Gasteiger partial charge >= 0.3 is 5.97 Å². The van der Waals surface area contributed by atoms with Crippen LogP contribution in [0.3, 0.4) is 0 Å². The number of amides is 1. The van der Waals surface area contributed by atoms with E-state index < -0.39 is 10.9 Å². The molecule has 28 heavy (non-hydrogen) atoms. The van der Waals surface area contributed by atoms with Crippen molar-refractivity contribution in [1.82, 2.24) is 9.80 Å². The molecule has 0 radical (unpaired) electrons. The quantitative estimate of drug-likeness (QED) is 0.446. The molecule has 0 N–H and O–H groups in total. The summed E-state index contributed by atoms with van der Waals surface area (Å²) in [5, 5.41) is 11.1. The second kappa shape index (κ2) is 8.47. The maximum absolute atomic E-state index is 12.7. The Bertz CT molecular complexity index is 865. The summed E-state index contributed by atoms with van der Waals surface area (Å²) in [6.07, 6.45) is 4.71. The number of aliphatic imine (C=N–C) groups is 1. The topological polar surface area (TPSA) is 105 Å². The maximum atomic E-state index is 12.7. The molecule has 146 valence electrons. The monoisotopic (exact) mass is 384 g/mol. The molecule has 0 spiro atoms. The standard InChI is InChI=1S/C19H20N4O5/c1-28-19(25)15-6-4-14(5-7-15)18(24)22-11-9-21(10-12-22)17-13-16(23(26)27)3-2-8-20-17/h2-8H,9-13H2,1H3. The first-order valence-corrected chi connectivity index (χ1v) is 8.79. The van der Waals surface area contributed by atoms with Gasteiger partial charge in [-0.1, -0.05) is 0 Å². The fourth-order valence-electron chi connectivity index (χ4n) is 3.09. The van der Waals surface area contributed by atoms with Crippen LogP contribution in [0.1, 0.15) is 27.1 Å². The molecular weight excluding hydrogens is 364 g/mol. The summed E-state index contributed by atoms with van der Waals surface area (Å²) in [4.78, 5) is 42.8. The van der Waals surface area contributed by atoms with Crippen molar-refractivity contribution in [3.63, 3.8) is 0 Å². The number of piperazine rings is 1. The molecule has 1 amide bonds. The molecule has 2 aliphatic heterocycles. The van der Waals surface area contributed by atoms with Crippen LogP contribution in [0.4, 0.5) is 0 Å². The van der Waals surface area contributed by atoms with Crippen LogP contribution in [0.25, 0.3) is 0 Å². The summed E-state index contributed by atoms with van der Waals surface area (Å²) >= 11 is 0. The highest BCUT2D eigenvalue weighted by atomic mass is 16.6. The van der Waals surface area contributed by atoms with Crippen molar-refractivity contribution in [2.24, 2.45) is 4.99 Å². The van der Waals surface area contributed by atoms with Crippen LogP contribution in [0.15, 0.2) is 53.3 Å². The lowest BCUT2D eigenvalue weighted by atomic mass is 10.1. The third kappa shape index (κ3) is 4.25. The smallest absolute Gasteiger partial charge is 0.337 e. The van der Waals surface area contributed by atoms with Crippen molar-refractivity contribution < 1.29 is 19.2 Å². The summed E-state index contributed by atoms with van der Waals surface area (Å²) in [5.74, 6) is 0.0601. The van der Waals surface area contributed by atoms with Gasteiger partial charge in [0.25, 0.3) is 11.6 Å². The van der Waals surface area contributed by atoms with Crippen LogP contribution < -0.4 is 0 Å². The second-order valence-electron chi connectivity index (χ2n) is 6.33. The molecule has 0 bridgehead atoms. The van der Waals surface area contributed by atoms with Crippen LogP contribution in [-0.4, -0.2) is 65.7 Å². The summed E-state index contributed by atoms with van der Waals surface area (Å²) in [6.45, 7) is 2.06. The molecule has 2 aliphatic rings. The Balaban J connectivity index is 1.60. The van der Waals surface area contributed by atoms with Crippen molar-refractivity contribution in [3.05, 3.63) is 69.6 Å². The number of rotatable bonds is 3. The maximum Gasteiger partial charge on any atom is 0.337 e. The second-order valence-corrected chi connectivity index (χ2v) is 6.33. The van der Waals surface area contributed by atoms with Gasteiger partial charge in [-0.15, -0.1) is 0 Å². The van der Waals surface area contributed by atoms with Crippen LogP contribution in [0.2, 0.25) is 0 Å². The molecule has 1 aromatic rings.